The van der Waals surface area contributed by atoms with E-state index < -0.39 is 0 Å². The van der Waals surface area contributed by atoms with Gasteiger partial charge in [-0.25, -0.2) is 0 Å². The number of rotatable bonds is 4. The standard InChI is InChI=1S/C24H28ClNO2/c1-14-19(4-3-5-20(14)25)21-6-7-22(28-21)23(27)26-15(2)24-11-16-8-17(12-24)10-18(9-16)13-24/h3-7,15-18H,8-13H2,1-2H3,(H,26,27). The van der Waals surface area contributed by atoms with E-state index in [2.05, 4.69) is 12.2 Å². The topological polar surface area (TPSA) is 42.2 Å². The lowest BCUT2D eigenvalue weighted by Crippen LogP contribution is -2.55. The second-order valence-corrected chi connectivity index (χ2v) is 9.96. The van der Waals surface area contributed by atoms with E-state index in [-0.39, 0.29) is 11.9 Å². The Labute approximate surface area is 171 Å². The normalized spacial score (nSPS) is 31.8. The summed E-state index contributed by atoms with van der Waals surface area (Å²) in [4.78, 5) is 12.9. The van der Waals surface area contributed by atoms with Gasteiger partial charge in [0.2, 0.25) is 0 Å². The predicted molar refractivity (Wildman–Crippen MR) is 111 cm³/mol. The van der Waals surface area contributed by atoms with Crippen molar-refractivity contribution in [1.82, 2.24) is 5.32 Å². The molecule has 3 nitrogen and oxygen atoms in total. The Morgan fingerprint density at radius 1 is 1.11 bits per heavy atom. The number of carbonyl (C=O) groups is 1. The van der Waals surface area contributed by atoms with Gasteiger partial charge in [-0.1, -0.05) is 23.7 Å². The SMILES string of the molecule is Cc1c(Cl)cccc1-c1ccc(C(=O)NC(C)C23CC4CC(CC(C4)C2)C3)o1. The Balaban J connectivity index is 1.32. The lowest BCUT2D eigenvalue weighted by Gasteiger charge is -2.59. The number of hydrogen-bond donors (Lipinski definition) is 1. The van der Waals surface area contributed by atoms with E-state index in [1.807, 2.05) is 31.2 Å². The lowest BCUT2D eigenvalue weighted by atomic mass is 9.48. The van der Waals surface area contributed by atoms with Crippen LogP contribution in [0.25, 0.3) is 11.3 Å². The van der Waals surface area contributed by atoms with Crippen molar-refractivity contribution in [3.63, 3.8) is 0 Å². The molecule has 1 heterocycles. The van der Waals surface area contributed by atoms with Crippen molar-refractivity contribution in [1.29, 1.82) is 0 Å². The monoisotopic (exact) mass is 397 g/mol. The largest absolute Gasteiger partial charge is 0.451 e. The average Bonchev–Trinajstić information content (AvgIpc) is 3.13. The van der Waals surface area contributed by atoms with Crippen LogP contribution in [0.2, 0.25) is 5.02 Å². The van der Waals surface area contributed by atoms with Gasteiger partial charge in [-0.2, -0.15) is 0 Å². The first-order valence-corrected chi connectivity index (χ1v) is 11.0. The number of hydrogen-bond acceptors (Lipinski definition) is 2. The van der Waals surface area contributed by atoms with E-state index in [4.69, 9.17) is 16.0 Å². The van der Waals surface area contributed by atoms with E-state index in [9.17, 15) is 4.79 Å². The van der Waals surface area contributed by atoms with Crippen molar-refractivity contribution < 1.29 is 9.21 Å². The number of halogens is 1. The first kappa shape index (κ1) is 18.3. The number of amides is 1. The molecule has 4 aliphatic rings. The van der Waals surface area contributed by atoms with Crippen LogP contribution < -0.4 is 5.32 Å². The van der Waals surface area contributed by atoms with Gasteiger partial charge in [-0.15, -0.1) is 0 Å². The number of furan rings is 1. The molecule has 1 N–H and O–H groups in total. The third-order valence-corrected chi connectivity index (χ3v) is 8.12. The molecule has 28 heavy (non-hydrogen) atoms. The Hall–Kier alpha value is -1.74. The average molecular weight is 398 g/mol. The van der Waals surface area contributed by atoms with Crippen LogP contribution in [0.3, 0.4) is 0 Å². The van der Waals surface area contributed by atoms with E-state index in [1.165, 1.54) is 38.5 Å². The van der Waals surface area contributed by atoms with Crippen LogP contribution in [-0.2, 0) is 0 Å². The van der Waals surface area contributed by atoms with Gasteiger partial charge in [0.05, 0.1) is 0 Å². The first-order valence-electron chi connectivity index (χ1n) is 10.6. The molecule has 0 aliphatic heterocycles. The van der Waals surface area contributed by atoms with Crippen LogP contribution >= 0.6 is 11.6 Å². The smallest absolute Gasteiger partial charge is 0.287 e. The lowest BCUT2D eigenvalue weighted by molar-refractivity contribution is -0.0688. The third kappa shape index (κ3) is 2.99. The van der Waals surface area contributed by atoms with Crippen molar-refractivity contribution in [2.75, 3.05) is 0 Å². The maximum atomic E-state index is 12.9. The minimum atomic E-state index is -0.103. The number of carbonyl (C=O) groups excluding carboxylic acids is 1. The molecule has 0 radical (unpaired) electrons. The zero-order valence-electron chi connectivity index (χ0n) is 16.6. The van der Waals surface area contributed by atoms with Gasteiger partial charge in [-0.3, -0.25) is 4.79 Å². The van der Waals surface area contributed by atoms with Gasteiger partial charge in [-0.05, 0) is 99.3 Å². The summed E-state index contributed by atoms with van der Waals surface area (Å²) >= 11 is 6.23. The van der Waals surface area contributed by atoms with E-state index in [0.29, 0.717) is 22.0 Å². The Morgan fingerprint density at radius 2 is 1.75 bits per heavy atom. The van der Waals surface area contributed by atoms with Gasteiger partial charge in [0.25, 0.3) is 5.91 Å². The van der Waals surface area contributed by atoms with Crippen LogP contribution in [0, 0.1) is 30.1 Å². The molecule has 1 aromatic carbocycles. The fraction of sp³-hybridized carbons (Fsp3) is 0.542. The van der Waals surface area contributed by atoms with Crippen molar-refractivity contribution in [3.05, 3.63) is 46.7 Å². The van der Waals surface area contributed by atoms with Gasteiger partial charge < -0.3 is 9.73 Å². The Kier molecular flexibility index (Phi) is 4.35. The molecule has 4 aliphatic carbocycles. The quantitative estimate of drug-likeness (QED) is 0.663. The number of benzene rings is 1. The van der Waals surface area contributed by atoms with Crippen molar-refractivity contribution >= 4 is 17.5 Å². The molecule has 1 aromatic heterocycles. The van der Waals surface area contributed by atoms with Crippen LogP contribution in [-0.4, -0.2) is 11.9 Å². The van der Waals surface area contributed by atoms with Crippen LogP contribution in [0.1, 0.15) is 61.6 Å². The summed E-state index contributed by atoms with van der Waals surface area (Å²) in [5, 5.41) is 3.99. The van der Waals surface area contributed by atoms with Crippen LogP contribution in [0.5, 0.6) is 0 Å². The molecule has 6 rings (SSSR count). The Morgan fingerprint density at radius 3 is 2.39 bits per heavy atom. The Bertz CT molecular complexity index is 880. The summed E-state index contributed by atoms with van der Waals surface area (Å²) < 4.78 is 5.92. The molecule has 4 heteroatoms. The minimum absolute atomic E-state index is 0.103. The third-order valence-electron chi connectivity index (χ3n) is 7.71. The highest BCUT2D eigenvalue weighted by Crippen LogP contribution is 2.61. The minimum Gasteiger partial charge on any atom is -0.451 e. The van der Waals surface area contributed by atoms with Crippen LogP contribution in [0.15, 0.2) is 34.7 Å². The predicted octanol–water partition coefficient (Wildman–Crippen LogP) is 6.24. The van der Waals surface area contributed by atoms with E-state index in [0.717, 1.165) is 28.9 Å². The molecule has 2 aromatic rings. The second kappa shape index (κ2) is 6.66. The molecule has 4 bridgehead atoms. The van der Waals surface area contributed by atoms with Crippen molar-refractivity contribution in [2.24, 2.45) is 23.2 Å². The highest BCUT2D eigenvalue weighted by Gasteiger charge is 2.53. The highest BCUT2D eigenvalue weighted by atomic mass is 35.5. The molecule has 1 atom stereocenters. The number of nitrogens with one attached hydrogen (secondary N) is 1. The fourth-order valence-electron chi connectivity index (χ4n) is 6.61. The maximum absolute atomic E-state index is 12.9. The van der Waals surface area contributed by atoms with Gasteiger partial charge >= 0.3 is 0 Å². The first-order chi connectivity index (χ1) is 13.4. The summed E-state index contributed by atoms with van der Waals surface area (Å²) in [6.45, 7) is 4.17. The molecular weight excluding hydrogens is 370 g/mol. The molecule has 4 fully saturated rings. The molecule has 148 valence electrons. The molecule has 0 spiro atoms. The fourth-order valence-corrected chi connectivity index (χ4v) is 6.78. The summed E-state index contributed by atoms with van der Waals surface area (Å²) in [6, 6.07) is 9.57. The molecule has 0 saturated heterocycles. The van der Waals surface area contributed by atoms with Gasteiger partial charge in [0, 0.05) is 16.6 Å². The van der Waals surface area contributed by atoms with Gasteiger partial charge in [0.1, 0.15) is 5.76 Å². The second-order valence-electron chi connectivity index (χ2n) is 9.55. The molecule has 1 amide bonds. The summed E-state index contributed by atoms with van der Waals surface area (Å²) in [6.07, 6.45) is 8.10. The molecule has 4 saturated carbocycles. The highest BCUT2D eigenvalue weighted by molar-refractivity contribution is 6.31. The summed E-state index contributed by atoms with van der Waals surface area (Å²) in [5.41, 5.74) is 2.19. The van der Waals surface area contributed by atoms with Crippen molar-refractivity contribution in [2.45, 2.75) is 58.4 Å². The van der Waals surface area contributed by atoms with Crippen LogP contribution in [0.4, 0.5) is 0 Å². The summed E-state index contributed by atoms with van der Waals surface area (Å²) in [5.74, 6) is 3.61. The van der Waals surface area contributed by atoms with E-state index >= 15 is 0 Å². The molecular formula is C24H28ClNO2. The zero-order valence-corrected chi connectivity index (χ0v) is 17.4. The van der Waals surface area contributed by atoms with E-state index in [1.54, 1.807) is 6.07 Å². The maximum Gasteiger partial charge on any atom is 0.287 e. The van der Waals surface area contributed by atoms with Crippen molar-refractivity contribution in [3.8, 4) is 11.3 Å². The zero-order chi connectivity index (χ0) is 19.5. The van der Waals surface area contributed by atoms with Gasteiger partial charge in [0.15, 0.2) is 5.76 Å². The molecule has 1 unspecified atom stereocenters. The summed E-state index contributed by atoms with van der Waals surface area (Å²) in [7, 11) is 0.